The minimum Gasteiger partial charge on any atom is -0.326 e. The van der Waals surface area contributed by atoms with E-state index in [1.807, 2.05) is 18.2 Å². The lowest BCUT2D eigenvalue weighted by Crippen LogP contribution is -2.51. The van der Waals surface area contributed by atoms with Crippen molar-refractivity contribution in [3.05, 3.63) is 30.6 Å². The molecule has 5 rings (SSSR count). The molecule has 4 heterocycles. The van der Waals surface area contributed by atoms with Crippen molar-refractivity contribution in [3.63, 3.8) is 0 Å². The number of anilines is 1. The van der Waals surface area contributed by atoms with Crippen molar-refractivity contribution in [2.45, 2.75) is 12.8 Å². The van der Waals surface area contributed by atoms with Gasteiger partial charge in [-0.1, -0.05) is 0 Å². The molecule has 108 valence electrons. The van der Waals surface area contributed by atoms with Crippen LogP contribution in [0.25, 0.3) is 11.0 Å². The van der Waals surface area contributed by atoms with E-state index >= 15 is 0 Å². The molecular weight excluding hydrogens is 264 g/mol. The molecule has 5 heteroatoms. The third-order valence-electron chi connectivity index (χ3n) is 4.73. The smallest absolute Gasteiger partial charge is 0.229 e. The zero-order valence-electron chi connectivity index (χ0n) is 11.8. The summed E-state index contributed by atoms with van der Waals surface area (Å²) in [7, 11) is 0. The molecule has 2 bridgehead atoms. The van der Waals surface area contributed by atoms with Crippen LogP contribution < -0.4 is 5.32 Å². The van der Waals surface area contributed by atoms with Crippen molar-refractivity contribution >= 4 is 22.6 Å². The van der Waals surface area contributed by atoms with E-state index in [1.165, 1.54) is 0 Å². The van der Waals surface area contributed by atoms with Crippen molar-refractivity contribution in [1.29, 1.82) is 0 Å². The average molecular weight is 282 g/mol. The number of fused-ring (bicyclic) bond motifs is 4. The summed E-state index contributed by atoms with van der Waals surface area (Å²) in [5.41, 5.74) is 2.46. The highest BCUT2D eigenvalue weighted by molar-refractivity contribution is 5.94. The summed E-state index contributed by atoms with van der Waals surface area (Å²) in [6, 6.07) is 5.69. The van der Waals surface area contributed by atoms with Gasteiger partial charge in [0.05, 0.1) is 17.0 Å². The summed E-state index contributed by atoms with van der Waals surface area (Å²) in [6.07, 6.45) is 5.65. The second-order valence-electron chi connectivity index (χ2n) is 5.99. The number of carbonyl (C=O) groups excluding carboxylic acids is 1. The van der Waals surface area contributed by atoms with E-state index in [0.29, 0.717) is 5.92 Å². The Balaban J connectivity index is 1.52. The van der Waals surface area contributed by atoms with Crippen LogP contribution in [0.5, 0.6) is 0 Å². The number of nitrogens with one attached hydrogen (secondary N) is 1. The molecule has 1 unspecified atom stereocenters. The fraction of sp³-hybridized carbons (Fsp3) is 0.438. The van der Waals surface area contributed by atoms with Gasteiger partial charge in [-0.3, -0.25) is 14.8 Å². The Morgan fingerprint density at radius 1 is 1.14 bits per heavy atom. The monoisotopic (exact) mass is 282 g/mol. The second-order valence-corrected chi connectivity index (χ2v) is 5.99. The van der Waals surface area contributed by atoms with Gasteiger partial charge in [-0.25, -0.2) is 0 Å². The number of amides is 1. The quantitative estimate of drug-likeness (QED) is 0.914. The fourth-order valence-electron chi connectivity index (χ4n) is 3.54. The lowest BCUT2D eigenvalue weighted by molar-refractivity contribution is -0.125. The number of hydrogen-bond acceptors (Lipinski definition) is 4. The van der Waals surface area contributed by atoms with Crippen LogP contribution in [0.15, 0.2) is 30.6 Å². The number of piperidine rings is 3. The number of carbonyl (C=O) groups is 1. The Morgan fingerprint density at radius 2 is 1.90 bits per heavy atom. The number of rotatable bonds is 2. The maximum Gasteiger partial charge on any atom is 0.229 e. The molecule has 3 aliphatic heterocycles. The molecule has 1 aromatic carbocycles. The van der Waals surface area contributed by atoms with Gasteiger partial charge in [0, 0.05) is 24.6 Å². The Morgan fingerprint density at radius 3 is 2.62 bits per heavy atom. The molecule has 0 spiro atoms. The van der Waals surface area contributed by atoms with Crippen LogP contribution in [0.1, 0.15) is 12.8 Å². The Kier molecular flexibility index (Phi) is 3.07. The van der Waals surface area contributed by atoms with Gasteiger partial charge in [-0.2, -0.15) is 0 Å². The predicted molar refractivity (Wildman–Crippen MR) is 80.8 cm³/mol. The SMILES string of the molecule is O=C(Nc1ccc2nccnc2c1)C1CN2CCC1CC2. The van der Waals surface area contributed by atoms with Crippen LogP contribution in [0, 0.1) is 11.8 Å². The van der Waals surface area contributed by atoms with E-state index in [0.717, 1.165) is 49.2 Å². The molecule has 21 heavy (non-hydrogen) atoms. The highest BCUT2D eigenvalue weighted by Gasteiger charge is 2.38. The number of nitrogens with zero attached hydrogens (tertiary/aromatic N) is 3. The topological polar surface area (TPSA) is 58.1 Å². The van der Waals surface area contributed by atoms with Gasteiger partial charge >= 0.3 is 0 Å². The van der Waals surface area contributed by atoms with E-state index in [9.17, 15) is 4.79 Å². The van der Waals surface area contributed by atoms with E-state index in [2.05, 4.69) is 20.2 Å². The average Bonchev–Trinajstić information content (AvgIpc) is 2.56. The van der Waals surface area contributed by atoms with Gasteiger partial charge < -0.3 is 10.2 Å². The van der Waals surface area contributed by atoms with Gasteiger partial charge in [0.2, 0.25) is 5.91 Å². The molecular formula is C16H18N4O. The van der Waals surface area contributed by atoms with E-state index in [-0.39, 0.29) is 11.8 Å². The molecule has 2 aromatic rings. The molecule has 3 fully saturated rings. The summed E-state index contributed by atoms with van der Waals surface area (Å²) in [4.78, 5) is 23.4. The Labute approximate surface area is 123 Å². The number of hydrogen-bond donors (Lipinski definition) is 1. The molecule has 0 radical (unpaired) electrons. The fourth-order valence-corrected chi connectivity index (χ4v) is 3.54. The zero-order chi connectivity index (χ0) is 14.2. The molecule has 1 N–H and O–H groups in total. The maximum absolute atomic E-state index is 12.5. The third-order valence-corrected chi connectivity index (χ3v) is 4.73. The Bertz CT molecular complexity index is 679. The minimum absolute atomic E-state index is 0.130. The van der Waals surface area contributed by atoms with Crippen LogP contribution in [0.3, 0.4) is 0 Å². The standard InChI is InChI=1S/C16H18N4O/c21-16(13-10-20-7-3-11(13)4-8-20)19-12-1-2-14-15(9-12)18-6-5-17-14/h1-2,5-6,9,11,13H,3-4,7-8,10H2,(H,19,21). The summed E-state index contributed by atoms with van der Waals surface area (Å²) < 4.78 is 0. The first kappa shape index (κ1) is 12.7. The molecule has 1 aromatic heterocycles. The third kappa shape index (κ3) is 2.38. The van der Waals surface area contributed by atoms with E-state index < -0.39 is 0 Å². The first-order valence-corrected chi connectivity index (χ1v) is 7.53. The first-order chi connectivity index (χ1) is 10.3. The van der Waals surface area contributed by atoms with Crippen LogP contribution in [-0.4, -0.2) is 40.4 Å². The summed E-state index contributed by atoms with van der Waals surface area (Å²) in [6.45, 7) is 3.21. The molecule has 5 nitrogen and oxygen atoms in total. The summed E-state index contributed by atoms with van der Waals surface area (Å²) in [5.74, 6) is 0.827. The van der Waals surface area contributed by atoms with Crippen molar-refractivity contribution in [2.24, 2.45) is 11.8 Å². The molecule has 1 atom stereocenters. The normalized spacial score (nSPS) is 27.7. The van der Waals surface area contributed by atoms with Crippen LogP contribution >= 0.6 is 0 Å². The Hall–Kier alpha value is -2.01. The minimum atomic E-state index is 0.130. The molecule has 1 amide bonds. The summed E-state index contributed by atoms with van der Waals surface area (Å²) in [5, 5.41) is 3.06. The van der Waals surface area contributed by atoms with Crippen LogP contribution in [0.4, 0.5) is 5.69 Å². The van der Waals surface area contributed by atoms with E-state index in [4.69, 9.17) is 0 Å². The van der Waals surface area contributed by atoms with Crippen LogP contribution in [-0.2, 0) is 4.79 Å². The van der Waals surface area contributed by atoms with Crippen molar-refractivity contribution in [1.82, 2.24) is 14.9 Å². The number of benzene rings is 1. The van der Waals surface area contributed by atoms with E-state index in [1.54, 1.807) is 12.4 Å². The largest absolute Gasteiger partial charge is 0.326 e. The highest BCUT2D eigenvalue weighted by atomic mass is 16.1. The van der Waals surface area contributed by atoms with Crippen molar-refractivity contribution in [2.75, 3.05) is 25.0 Å². The van der Waals surface area contributed by atoms with Gasteiger partial charge in [-0.05, 0) is 50.0 Å². The van der Waals surface area contributed by atoms with Crippen LogP contribution in [0.2, 0.25) is 0 Å². The van der Waals surface area contributed by atoms with Crippen molar-refractivity contribution < 1.29 is 4.79 Å². The predicted octanol–water partition coefficient (Wildman–Crippen LogP) is 1.91. The van der Waals surface area contributed by atoms with Gasteiger partial charge in [-0.15, -0.1) is 0 Å². The number of aromatic nitrogens is 2. The first-order valence-electron chi connectivity index (χ1n) is 7.53. The summed E-state index contributed by atoms with van der Waals surface area (Å²) >= 11 is 0. The molecule has 0 saturated carbocycles. The van der Waals surface area contributed by atoms with Gasteiger partial charge in [0.1, 0.15) is 0 Å². The molecule has 3 saturated heterocycles. The second kappa shape index (κ2) is 5.07. The van der Waals surface area contributed by atoms with Gasteiger partial charge in [0.15, 0.2) is 0 Å². The van der Waals surface area contributed by atoms with Gasteiger partial charge in [0.25, 0.3) is 0 Å². The molecule has 0 aliphatic carbocycles. The highest BCUT2D eigenvalue weighted by Crippen LogP contribution is 2.33. The molecule has 3 aliphatic rings. The lowest BCUT2D eigenvalue weighted by atomic mass is 9.78. The van der Waals surface area contributed by atoms with Crippen molar-refractivity contribution in [3.8, 4) is 0 Å². The lowest BCUT2D eigenvalue weighted by Gasteiger charge is -2.43. The zero-order valence-corrected chi connectivity index (χ0v) is 11.8. The maximum atomic E-state index is 12.5.